The second kappa shape index (κ2) is 13.5. The molecule has 0 saturated carbocycles. The van der Waals surface area contributed by atoms with Gasteiger partial charge in [0.05, 0.1) is 12.8 Å². The standard InChI is InChI=1S/C4H6O4.C2H5O.Na/c5-3(6)1-2-4(7)8;1-2-3;/h1-2H2,(H,5,6)(H,7,8);2H2,1H3;/q;-1;+1. The van der Waals surface area contributed by atoms with Gasteiger partial charge in [-0.05, 0) is 0 Å². The van der Waals surface area contributed by atoms with Crippen LogP contribution in [0.1, 0.15) is 19.8 Å². The zero-order chi connectivity index (χ0) is 9.28. The van der Waals surface area contributed by atoms with Crippen molar-refractivity contribution in [2.75, 3.05) is 6.61 Å². The average molecular weight is 186 g/mol. The van der Waals surface area contributed by atoms with Gasteiger partial charge in [0, 0.05) is 0 Å². The Bertz CT molecular complexity index is 111. The van der Waals surface area contributed by atoms with E-state index in [4.69, 9.17) is 15.3 Å². The van der Waals surface area contributed by atoms with Gasteiger partial charge >= 0.3 is 41.5 Å². The van der Waals surface area contributed by atoms with Crippen molar-refractivity contribution in [1.82, 2.24) is 0 Å². The van der Waals surface area contributed by atoms with Crippen molar-refractivity contribution in [3.8, 4) is 0 Å². The number of aliphatic carboxylic acids is 2. The smallest absolute Gasteiger partial charge is 0.855 e. The summed E-state index contributed by atoms with van der Waals surface area (Å²) in [7, 11) is 0. The van der Waals surface area contributed by atoms with Gasteiger partial charge in [0.1, 0.15) is 0 Å². The van der Waals surface area contributed by atoms with Crippen LogP contribution in [0.4, 0.5) is 0 Å². The van der Waals surface area contributed by atoms with Crippen LogP contribution in [0.5, 0.6) is 0 Å². The third-order valence-corrected chi connectivity index (χ3v) is 0.553. The molecule has 0 aliphatic heterocycles. The Morgan fingerprint density at radius 1 is 1.17 bits per heavy atom. The van der Waals surface area contributed by atoms with Crippen LogP contribution in [0.25, 0.3) is 0 Å². The molecule has 0 unspecified atom stereocenters. The van der Waals surface area contributed by atoms with Gasteiger partial charge in [0.25, 0.3) is 0 Å². The van der Waals surface area contributed by atoms with Gasteiger partial charge < -0.3 is 15.3 Å². The van der Waals surface area contributed by atoms with Gasteiger partial charge in [-0.1, -0.05) is 6.92 Å². The van der Waals surface area contributed by atoms with Gasteiger partial charge in [0.2, 0.25) is 0 Å². The fraction of sp³-hybridized carbons (Fsp3) is 0.667. The second-order valence-electron chi connectivity index (χ2n) is 1.58. The third kappa shape index (κ3) is 32.7. The summed E-state index contributed by atoms with van der Waals surface area (Å²) >= 11 is 0. The van der Waals surface area contributed by atoms with E-state index in [-0.39, 0.29) is 49.0 Å². The Labute approximate surface area is 92.7 Å². The molecule has 5 nitrogen and oxygen atoms in total. The van der Waals surface area contributed by atoms with Gasteiger partial charge in [-0.15, -0.1) is 6.61 Å². The first-order valence-corrected chi connectivity index (χ1v) is 3.06. The van der Waals surface area contributed by atoms with E-state index in [0.29, 0.717) is 0 Å². The quantitative estimate of drug-likeness (QED) is 0.442. The van der Waals surface area contributed by atoms with Gasteiger partial charge in [-0.2, -0.15) is 0 Å². The van der Waals surface area contributed by atoms with Crippen molar-refractivity contribution in [3.05, 3.63) is 0 Å². The van der Waals surface area contributed by atoms with Gasteiger partial charge in [-0.3, -0.25) is 9.59 Å². The minimum absolute atomic E-state index is 0. The number of hydrogen-bond acceptors (Lipinski definition) is 3. The van der Waals surface area contributed by atoms with Gasteiger partial charge in [0.15, 0.2) is 0 Å². The molecule has 0 atom stereocenters. The molecule has 0 aromatic heterocycles. The zero-order valence-corrected chi connectivity index (χ0v) is 9.24. The first kappa shape index (κ1) is 17.8. The van der Waals surface area contributed by atoms with Crippen LogP contribution in [-0.2, 0) is 9.59 Å². The minimum Gasteiger partial charge on any atom is -0.855 e. The molecule has 0 aromatic carbocycles. The topological polar surface area (TPSA) is 97.7 Å². The van der Waals surface area contributed by atoms with Crippen LogP contribution in [0, 0.1) is 0 Å². The first-order valence-electron chi connectivity index (χ1n) is 3.06. The maximum Gasteiger partial charge on any atom is 1.00 e. The van der Waals surface area contributed by atoms with E-state index in [9.17, 15) is 9.59 Å². The van der Waals surface area contributed by atoms with E-state index < -0.39 is 11.9 Å². The number of hydrogen-bond donors (Lipinski definition) is 2. The SMILES string of the molecule is CC[O-].O=C(O)CCC(=O)O.[Na+]. The molecular formula is C6H11NaO5. The summed E-state index contributed by atoms with van der Waals surface area (Å²) in [6, 6.07) is 0. The third-order valence-electron chi connectivity index (χ3n) is 0.553. The van der Waals surface area contributed by atoms with Crippen LogP contribution in [0.15, 0.2) is 0 Å². The Kier molecular flexibility index (Phi) is 20.1. The molecule has 0 aliphatic carbocycles. The predicted molar refractivity (Wildman–Crippen MR) is 35.0 cm³/mol. The molecule has 12 heavy (non-hydrogen) atoms. The second-order valence-corrected chi connectivity index (χ2v) is 1.58. The van der Waals surface area contributed by atoms with Crippen molar-refractivity contribution in [2.24, 2.45) is 0 Å². The van der Waals surface area contributed by atoms with Crippen molar-refractivity contribution >= 4 is 11.9 Å². The van der Waals surface area contributed by atoms with Crippen LogP contribution in [-0.4, -0.2) is 28.8 Å². The zero-order valence-electron chi connectivity index (χ0n) is 7.24. The maximum absolute atomic E-state index is 9.64. The van der Waals surface area contributed by atoms with E-state index in [2.05, 4.69) is 0 Å². The summed E-state index contributed by atoms with van der Waals surface area (Å²) in [5, 5.41) is 24.7. The Balaban J connectivity index is -0.000000177. The summed E-state index contributed by atoms with van der Waals surface area (Å²) < 4.78 is 0. The van der Waals surface area contributed by atoms with Crippen molar-refractivity contribution < 1.29 is 54.5 Å². The molecule has 0 heterocycles. The largest absolute Gasteiger partial charge is 1.00 e. The molecule has 0 spiro atoms. The molecule has 0 aliphatic rings. The number of carbonyl (C=O) groups is 2. The van der Waals surface area contributed by atoms with E-state index in [1.54, 1.807) is 6.92 Å². The van der Waals surface area contributed by atoms with Crippen LogP contribution in [0.2, 0.25) is 0 Å². The normalized spacial score (nSPS) is 7.17. The summed E-state index contributed by atoms with van der Waals surface area (Å²) in [6.07, 6.45) is -0.593. The molecule has 6 heteroatoms. The maximum atomic E-state index is 9.64. The number of rotatable bonds is 3. The molecule has 0 amide bonds. The fourth-order valence-corrected chi connectivity index (χ4v) is 0.214. The molecule has 66 valence electrons. The molecular weight excluding hydrogens is 175 g/mol. The van der Waals surface area contributed by atoms with Gasteiger partial charge in [-0.25, -0.2) is 0 Å². The van der Waals surface area contributed by atoms with Crippen LogP contribution >= 0.6 is 0 Å². The number of carboxylic acids is 2. The van der Waals surface area contributed by atoms with Crippen molar-refractivity contribution in [2.45, 2.75) is 19.8 Å². The first-order chi connectivity index (χ1) is 5.04. The van der Waals surface area contributed by atoms with E-state index in [1.807, 2.05) is 0 Å². The number of carboxylic acid groups (broad SMARTS) is 2. The Morgan fingerprint density at radius 3 is 1.42 bits per heavy atom. The van der Waals surface area contributed by atoms with Crippen molar-refractivity contribution in [3.63, 3.8) is 0 Å². The van der Waals surface area contributed by atoms with E-state index in [0.717, 1.165) is 0 Å². The van der Waals surface area contributed by atoms with E-state index in [1.165, 1.54) is 0 Å². The Hall–Kier alpha value is -0.100. The molecule has 0 saturated heterocycles. The predicted octanol–water partition coefficient (Wildman–Crippen LogP) is -3.69. The summed E-state index contributed by atoms with van der Waals surface area (Å²) in [4.78, 5) is 19.3. The molecule has 0 fully saturated rings. The summed E-state index contributed by atoms with van der Waals surface area (Å²) in [6.45, 7) is 1.57. The van der Waals surface area contributed by atoms with Crippen molar-refractivity contribution in [1.29, 1.82) is 0 Å². The summed E-state index contributed by atoms with van der Waals surface area (Å²) in [5.74, 6) is -2.15. The van der Waals surface area contributed by atoms with E-state index >= 15 is 0 Å². The molecule has 0 bridgehead atoms. The van der Waals surface area contributed by atoms with Crippen LogP contribution < -0.4 is 34.7 Å². The van der Waals surface area contributed by atoms with Crippen LogP contribution in [0.3, 0.4) is 0 Å². The molecule has 2 N–H and O–H groups in total. The summed E-state index contributed by atoms with van der Waals surface area (Å²) in [5.41, 5.74) is 0. The molecule has 0 aromatic rings. The Morgan fingerprint density at radius 2 is 1.33 bits per heavy atom. The average Bonchev–Trinajstić information content (AvgIpc) is 1.85. The molecule has 0 rings (SSSR count). The minimum atomic E-state index is -1.08. The monoisotopic (exact) mass is 186 g/mol. The molecule has 0 radical (unpaired) electrons. The fourth-order valence-electron chi connectivity index (χ4n) is 0.214.